The smallest absolute Gasteiger partial charge is 0.268 e. The highest BCUT2D eigenvalue weighted by molar-refractivity contribution is 6.36. The van der Waals surface area contributed by atoms with E-state index in [4.69, 9.17) is 32.7 Å². The Hall–Kier alpha value is -4.01. The molecule has 1 aliphatic rings. The van der Waals surface area contributed by atoms with Crippen molar-refractivity contribution < 1.29 is 14.3 Å². The van der Waals surface area contributed by atoms with Crippen molar-refractivity contribution in [3.05, 3.63) is 58.4 Å². The van der Waals surface area contributed by atoms with Crippen molar-refractivity contribution in [3.8, 4) is 11.5 Å². The lowest BCUT2D eigenvalue weighted by Gasteiger charge is -2.17. The lowest BCUT2D eigenvalue weighted by atomic mass is 10.0. The molecule has 0 spiro atoms. The fourth-order valence-corrected chi connectivity index (χ4v) is 4.67. The van der Waals surface area contributed by atoms with Gasteiger partial charge in [0.25, 0.3) is 5.54 Å². The van der Waals surface area contributed by atoms with E-state index in [9.17, 15) is 4.79 Å². The zero-order chi connectivity index (χ0) is 27.0. The Morgan fingerprint density at radius 2 is 2.18 bits per heavy atom. The van der Waals surface area contributed by atoms with Gasteiger partial charge >= 0.3 is 0 Å². The van der Waals surface area contributed by atoms with Crippen LogP contribution in [0.5, 0.6) is 11.5 Å². The molecule has 0 amide bonds. The van der Waals surface area contributed by atoms with Crippen LogP contribution in [-0.2, 0) is 28.5 Å². The van der Waals surface area contributed by atoms with E-state index in [0.29, 0.717) is 58.4 Å². The maximum atomic E-state index is 11.5. The lowest BCUT2D eigenvalue weighted by molar-refractivity contribution is -0.116. The number of nitrogens with one attached hydrogen (secondary N) is 1. The maximum absolute atomic E-state index is 11.5. The van der Waals surface area contributed by atoms with Gasteiger partial charge in [-0.05, 0) is 19.4 Å². The number of anilines is 2. The van der Waals surface area contributed by atoms with Crippen LogP contribution in [0.4, 0.5) is 11.8 Å². The van der Waals surface area contributed by atoms with Crippen LogP contribution >= 0.6 is 11.6 Å². The molecule has 0 aliphatic carbocycles. The number of nitrogens with zero attached hydrogens (tertiary/aromatic N) is 7. The van der Waals surface area contributed by atoms with E-state index in [0.717, 1.165) is 12.1 Å². The second-order valence-electron chi connectivity index (χ2n) is 9.74. The molecular weight excluding hydrogens is 508 g/mol. The number of pyridine rings is 2. The van der Waals surface area contributed by atoms with Crippen LogP contribution in [0.1, 0.15) is 44.6 Å². The van der Waals surface area contributed by atoms with Gasteiger partial charge in [-0.25, -0.2) is 11.6 Å². The Balaban J connectivity index is 1.45. The zero-order valence-corrected chi connectivity index (χ0v) is 22.3. The number of rotatable bonds is 8. The molecule has 5 rings (SSSR count). The van der Waals surface area contributed by atoms with E-state index < -0.39 is 5.54 Å². The van der Waals surface area contributed by atoms with Crippen LogP contribution in [0.3, 0.4) is 0 Å². The van der Waals surface area contributed by atoms with Gasteiger partial charge in [-0.15, -0.1) is 0 Å². The monoisotopic (exact) mass is 534 g/mol. The third-order valence-corrected chi connectivity index (χ3v) is 6.75. The number of imidazole rings is 1. The van der Waals surface area contributed by atoms with Gasteiger partial charge in [0.15, 0.2) is 17.2 Å². The van der Waals surface area contributed by atoms with Gasteiger partial charge in [-0.3, -0.25) is 14.5 Å². The molecule has 4 aromatic rings. The Morgan fingerprint density at radius 3 is 2.89 bits per heavy atom. The Bertz CT molecular complexity index is 1560. The number of hydrogen-bond donors (Lipinski definition) is 1. The number of fused-ring (bicyclic) bond motifs is 1. The molecule has 0 unspecified atom stereocenters. The van der Waals surface area contributed by atoms with Crippen LogP contribution in [0.2, 0.25) is 5.02 Å². The third kappa shape index (κ3) is 4.92. The number of carbonyl (C=O) groups is 1. The molecule has 1 N–H and O–H groups in total. The van der Waals surface area contributed by atoms with Crippen LogP contribution < -0.4 is 10.1 Å². The molecule has 12 heteroatoms. The van der Waals surface area contributed by atoms with Crippen molar-refractivity contribution in [2.24, 2.45) is 7.05 Å². The number of carbonyl (C=O) groups excluding carboxylic acids is 1. The van der Waals surface area contributed by atoms with Crippen molar-refractivity contribution in [2.75, 3.05) is 18.5 Å². The number of ether oxygens (including phenoxy) is 2. The summed E-state index contributed by atoms with van der Waals surface area (Å²) in [5, 5.41) is 8.36. The predicted molar refractivity (Wildman–Crippen MR) is 142 cm³/mol. The van der Waals surface area contributed by atoms with E-state index in [-0.39, 0.29) is 18.2 Å². The average molecular weight is 535 g/mol. The fraction of sp³-hybridized carbons (Fsp3) is 0.385. The van der Waals surface area contributed by atoms with Crippen LogP contribution in [-0.4, -0.2) is 48.3 Å². The fourth-order valence-electron chi connectivity index (χ4n) is 4.37. The molecule has 0 saturated carbocycles. The number of Topliss-reactive ketones (excluding diaryl/α,β-unsaturated/α-hetero) is 1. The highest BCUT2D eigenvalue weighted by Gasteiger charge is 2.35. The summed E-state index contributed by atoms with van der Waals surface area (Å²) in [5.41, 5.74) is 1.67. The molecule has 11 nitrogen and oxygen atoms in total. The largest absolute Gasteiger partial charge is 0.454 e. The Labute approximate surface area is 224 Å². The van der Waals surface area contributed by atoms with Crippen LogP contribution in [0, 0.1) is 6.57 Å². The molecular formula is C26H27ClN8O3. The van der Waals surface area contributed by atoms with E-state index >= 15 is 0 Å². The molecule has 196 valence electrons. The Morgan fingerprint density at radius 1 is 1.37 bits per heavy atom. The highest BCUT2D eigenvalue weighted by Crippen LogP contribution is 2.37. The number of halogens is 1. The first-order valence-electron chi connectivity index (χ1n) is 12.1. The van der Waals surface area contributed by atoms with Gasteiger partial charge in [-0.2, -0.15) is 10.1 Å². The molecule has 5 heterocycles. The van der Waals surface area contributed by atoms with Gasteiger partial charge in [0.1, 0.15) is 27.8 Å². The van der Waals surface area contributed by atoms with Gasteiger partial charge in [-0.1, -0.05) is 11.6 Å². The van der Waals surface area contributed by atoms with E-state index in [1.165, 1.54) is 13.1 Å². The summed E-state index contributed by atoms with van der Waals surface area (Å²) in [6.45, 7) is 14.2. The van der Waals surface area contributed by atoms with E-state index in [1.54, 1.807) is 22.9 Å². The molecule has 38 heavy (non-hydrogen) atoms. The topological polar surface area (TPSA) is 113 Å². The average Bonchev–Trinajstić information content (AvgIpc) is 3.61. The standard InChI is InChI=1S/C26H27ClN8O3/c1-15(36)10-16-11-18(6-8-29-16)38-19-13-30-24-23(22(19)27)34(5)25(32-24)31-21-12-20(26(2,3)28-4)35(33-21)17-7-9-37-14-17/h6,8,11-13,17H,7,9-10,14H2,1-3,5H3,(H,30,31,32,33)/t17-/m1/s1. The van der Waals surface area contributed by atoms with Crippen molar-refractivity contribution in [2.45, 2.75) is 45.2 Å². The molecule has 1 saturated heterocycles. The first kappa shape index (κ1) is 25.6. The van der Waals surface area contributed by atoms with E-state index in [2.05, 4.69) is 25.1 Å². The second kappa shape index (κ2) is 10.0. The molecule has 1 atom stereocenters. The summed E-state index contributed by atoms with van der Waals surface area (Å²) in [6.07, 6.45) is 4.15. The third-order valence-electron chi connectivity index (χ3n) is 6.38. The molecule has 0 bridgehead atoms. The van der Waals surface area contributed by atoms with Crippen molar-refractivity contribution >= 4 is 40.3 Å². The van der Waals surface area contributed by atoms with Crippen LogP contribution in [0.25, 0.3) is 16.0 Å². The highest BCUT2D eigenvalue weighted by atomic mass is 35.5. The van der Waals surface area contributed by atoms with Gasteiger partial charge in [0.05, 0.1) is 24.5 Å². The minimum Gasteiger partial charge on any atom is -0.454 e. The Kier molecular flexibility index (Phi) is 6.77. The van der Waals surface area contributed by atoms with Gasteiger partial charge in [0.2, 0.25) is 5.95 Å². The summed E-state index contributed by atoms with van der Waals surface area (Å²) < 4.78 is 15.2. The first-order valence-corrected chi connectivity index (χ1v) is 12.5. The minimum absolute atomic E-state index is 0.0110. The summed E-state index contributed by atoms with van der Waals surface area (Å²) >= 11 is 6.74. The SMILES string of the molecule is [C-]#[N+]C(C)(C)c1cc(Nc2nc3ncc(Oc4ccnc(CC(C)=O)c4)c(Cl)c3n2C)nn1[C@@H]1CCOC1. The van der Waals surface area contributed by atoms with Gasteiger partial charge in [0, 0.05) is 52.3 Å². The molecule has 1 aliphatic heterocycles. The number of hydrogen-bond acceptors (Lipinski definition) is 8. The quantitative estimate of drug-likeness (QED) is 0.314. The maximum Gasteiger partial charge on any atom is 0.268 e. The summed E-state index contributed by atoms with van der Waals surface area (Å²) in [6, 6.07) is 5.34. The molecule has 0 aromatic carbocycles. The first-order chi connectivity index (χ1) is 18.2. The summed E-state index contributed by atoms with van der Waals surface area (Å²) in [4.78, 5) is 28.5. The number of aromatic nitrogens is 6. The van der Waals surface area contributed by atoms with Gasteiger partial charge < -0.3 is 24.2 Å². The number of ketones is 1. The summed E-state index contributed by atoms with van der Waals surface area (Å²) in [7, 11) is 1.82. The second-order valence-corrected chi connectivity index (χ2v) is 10.1. The lowest BCUT2D eigenvalue weighted by Crippen LogP contribution is -2.22. The van der Waals surface area contributed by atoms with Crippen molar-refractivity contribution in [1.29, 1.82) is 0 Å². The predicted octanol–water partition coefficient (Wildman–Crippen LogP) is 5.00. The van der Waals surface area contributed by atoms with Crippen molar-refractivity contribution in [1.82, 2.24) is 29.3 Å². The number of aryl methyl sites for hydroxylation is 1. The molecule has 0 radical (unpaired) electrons. The zero-order valence-electron chi connectivity index (χ0n) is 21.5. The van der Waals surface area contributed by atoms with Crippen LogP contribution in [0.15, 0.2) is 30.6 Å². The minimum atomic E-state index is -0.754. The normalized spacial score (nSPS) is 15.5. The molecule has 1 fully saturated rings. The van der Waals surface area contributed by atoms with Crippen molar-refractivity contribution in [3.63, 3.8) is 0 Å². The molecule has 4 aromatic heterocycles. The van der Waals surface area contributed by atoms with E-state index in [1.807, 2.05) is 31.6 Å². The summed E-state index contributed by atoms with van der Waals surface area (Å²) in [5.74, 6) is 1.90.